The van der Waals surface area contributed by atoms with Crippen molar-refractivity contribution in [2.24, 2.45) is 4.40 Å². The first-order valence-corrected chi connectivity index (χ1v) is 7.24. The Kier molecular flexibility index (Phi) is 3.78. The maximum absolute atomic E-state index is 13.6. The minimum Gasteiger partial charge on any atom is -0.591 e. The molecule has 0 amide bonds. The second-order valence-corrected chi connectivity index (χ2v) is 7.59. The van der Waals surface area contributed by atoms with Crippen molar-refractivity contribution in [2.75, 3.05) is 0 Å². The smallest absolute Gasteiger partial charge is 0.144 e. The van der Waals surface area contributed by atoms with Crippen LogP contribution < -0.4 is 0 Å². The second kappa shape index (κ2) is 5.02. The van der Waals surface area contributed by atoms with E-state index in [1.165, 1.54) is 25.1 Å². The normalized spacial score (nSPS) is 18.3. The van der Waals surface area contributed by atoms with Gasteiger partial charge in [0.25, 0.3) is 0 Å². The van der Waals surface area contributed by atoms with Gasteiger partial charge in [-0.1, -0.05) is 10.5 Å². The summed E-state index contributed by atoms with van der Waals surface area (Å²) >= 11 is -1.35. The fourth-order valence-electron chi connectivity index (χ4n) is 1.59. The Morgan fingerprint density at radius 3 is 2.61 bits per heavy atom. The lowest BCUT2D eigenvalue weighted by Crippen LogP contribution is -2.25. The zero-order valence-corrected chi connectivity index (χ0v) is 11.8. The first-order valence-electron chi connectivity index (χ1n) is 6.13. The SMILES string of the molecule is CC(C)(C)[S+]([O-])/N=C/c1cc(C2CC2)ccc1F. The van der Waals surface area contributed by atoms with Gasteiger partial charge >= 0.3 is 0 Å². The summed E-state index contributed by atoms with van der Waals surface area (Å²) in [7, 11) is 0. The van der Waals surface area contributed by atoms with Gasteiger partial charge in [-0.15, -0.1) is 0 Å². The van der Waals surface area contributed by atoms with Crippen LogP contribution in [0.25, 0.3) is 0 Å². The van der Waals surface area contributed by atoms with E-state index in [2.05, 4.69) is 4.40 Å². The molecule has 0 N–H and O–H groups in total. The number of halogens is 1. The molecule has 1 unspecified atom stereocenters. The van der Waals surface area contributed by atoms with Crippen molar-refractivity contribution in [3.05, 3.63) is 35.1 Å². The molecule has 0 radical (unpaired) electrons. The summed E-state index contributed by atoms with van der Waals surface area (Å²) in [6, 6.07) is 5.11. The molecule has 1 saturated carbocycles. The van der Waals surface area contributed by atoms with Crippen LogP contribution in [0.5, 0.6) is 0 Å². The van der Waals surface area contributed by atoms with Crippen molar-refractivity contribution in [2.45, 2.75) is 44.3 Å². The molecule has 1 aromatic rings. The van der Waals surface area contributed by atoms with Crippen molar-refractivity contribution in [1.82, 2.24) is 0 Å². The van der Waals surface area contributed by atoms with Gasteiger partial charge in [-0.2, -0.15) is 0 Å². The molecule has 1 aromatic carbocycles. The highest BCUT2D eigenvalue weighted by atomic mass is 32.2. The predicted molar refractivity (Wildman–Crippen MR) is 73.9 cm³/mol. The minimum absolute atomic E-state index is 0.311. The zero-order valence-electron chi connectivity index (χ0n) is 10.9. The molecular formula is C14H18FNOS. The standard InChI is InChI=1S/C14H18FNOS/c1-14(2,3)18(17)16-9-12-8-11(10-4-5-10)6-7-13(12)15/h6-10H,4-5H2,1-3H3/b16-9+. The molecule has 98 valence electrons. The van der Waals surface area contributed by atoms with Gasteiger partial charge in [0.15, 0.2) is 0 Å². The van der Waals surface area contributed by atoms with Crippen molar-refractivity contribution in [1.29, 1.82) is 0 Å². The number of hydrogen-bond donors (Lipinski definition) is 0. The van der Waals surface area contributed by atoms with Gasteiger partial charge in [-0.25, -0.2) is 4.39 Å². The van der Waals surface area contributed by atoms with Crippen molar-refractivity contribution in [3.8, 4) is 0 Å². The van der Waals surface area contributed by atoms with E-state index >= 15 is 0 Å². The molecule has 0 aliphatic heterocycles. The molecule has 1 aliphatic carbocycles. The molecule has 0 bridgehead atoms. The number of nitrogens with zero attached hydrogens (tertiary/aromatic N) is 1. The van der Waals surface area contributed by atoms with Crippen LogP contribution in [0.3, 0.4) is 0 Å². The molecule has 18 heavy (non-hydrogen) atoms. The Labute approximate surface area is 111 Å². The van der Waals surface area contributed by atoms with Crippen LogP contribution in [0, 0.1) is 5.82 Å². The molecule has 1 fully saturated rings. The van der Waals surface area contributed by atoms with Crippen LogP contribution in [-0.4, -0.2) is 15.5 Å². The number of hydrogen-bond acceptors (Lipinski definition) is 2. The van der Waals surface area contributed by atoms with Gasteiger partial charge in [-0.05, 0) is 57.2 Å². The highest BCUT2D eigenvalue weighted by molar-refractivity contribution is 7.91. The van der Waals surface area contributed by atoms with Crippen molar-refractivity contribution < 1.29 is 8.94 Å². The summed E-state index contributed by atoms with van der Waals surface area (Å²) in [6.45, 7) is 5.53. The average Bonchev–Trinajstić information content (AvgIpc) is 3.10. The lowest BCUT2D eigenvalue weighted by molar-refractivity contribution is 0.561. The van der Waals surface area contributed by atoms with E-state index in [-0.39, 0.29) is 5.82 Å². The Bertz CT molecular complexity index is 463. The molecule has 1 atom stereocenters. The maximum Gasteiger partial charge on any atom is 0.144 e. The quantitative estimate of drug-likeness (QED) is 0.609. The van der Waals surface area contributed by atoms with Crippen LogP contribution >= 0.6 is 0 Å². The van der Waals surface area contributed by atoms with Gasteiger partial charge in [0.1, 0.15) is 21.9 Å². The third kappa shape index (κ3) is 3.33. The molecule has 0 spiro atoms. The summed E-state index contributed by atoms with van der Waals surface area (Å²) in [6.07, 6.45) is 3.74. The third-order valence-corrected chi connectivity index (χ3v) is 4.22. The molecule has 2 nitrogen and oxygen atoms in total. The van der Waals surface area contributed by atoms with E-state index in [0.29, 0.717) is 11.5 Å². The van der Waals surface area contributed by atoms with Crippen LogP contribution in [0.2, 0.25) is 0 Å². The molecule has 0 heterocycles. The van der Waals surface area contributed by atoms with Crippen molar-refractivity contribution >= 4 is 17.6 Å². The lowest BCUT2D eigenvalue weighted by Gasteiger charge is -2.17. The molecular weight excluding hydrogens is 249 g/mol. The van der Waals surface area contributed by atoms with E-state index < -0.39 is 16.1 Å². The second-order valence-electron chi connectivity index (χ2n) is 5.65. The number of rotatable bonds is 3. The van der Waals surface area contributed by atoms with E-state index in [4.69, 9.17) is 0 Å². The van der Waals surface area contributed by atoms with Crippen LogP contribution in [0.1, 0.15) is 50.7 Å². The summed E-state index contributed by atoms with van der Waals surface area (Å²) in [5, 5.41) is 0. The molecule has 2 rings (SSSR count). The maximum atomic E-state index is 13.6. The monoisotopic (exact) mass is 267 g/mol. The molecule has 4 heteroatoms. The van der Waals surface area contributed by atoms with Gasteiger partial charge in [0.2, 0.25) is 0 Å². The summed E-state index contributed by atoms with van der Waals surface area (Å²) in [5.41, 5.74) is 1.58. The fourth-order valence-corrected chi connectivity index (χ4v) is 2.12. The minimum atomic E-state index is -1.35. The Balaban J connectivity index is 2.17. The van der Waals surface area contributed by atoms with Crippen molar-refractivity contribution in [3.63, 3.8) is 0 Å². The van der Waals surface area contributed by atoms with Gasteiger partial charge in [0.05, 0.1) is 6.21 Å². The van der Waals surface area contributed by atoms with Gasteiger partial charge in [-0.3, -0.25) is 0 Å². The van der Waals surface area contributed by atoms with Crippen LogP contribution in [0.15, 0.2) is 22.6 Å². The van der Waals surface area contributed by atoms with E-state index in [0.717, 1.165) is 5.56 Å². The third-order valence-electron chi connectivity index (χ3n) is 2.88. The fraction of sp³-hybridized carbons (Fsp3) is 0.500. The van der Waals surface area contributed by atoms with Gasteiger partial charge < -0.3 is 4.55 Å². The highest BCUT2D eigenvalue weighted by Crippen LogP contribution is 2.40. The Hall–Kier alpha value is -0.870. The topological polar surface area (TPSA) is 35.4 Å². The van der Waals surface area contributed by atoms with Crippen LogP contribution in [-0.2, 0) is 11.4 Å². The summed E-state index contributed by atoms with van der Waals surface area (Å²) in [5.74, 6) is 0.264. The predicted octanol–water partition coefficient (Wildman–Crippen LogP) is 3.58. The van der Waals surface area contributed by atoms with E-state index in [9.17, 15) is 8.94 Å². The zero-order chi connectivity index (χ0) is 13.3. The molecule has 1 aliphatic rings. The van der Waals surface area contributed by atoms with E-state index in [1.807, 2.05) is 32.9 Å². The van der Waals surface area contributed by atoms with Gasteiger partial charge in [0, 0.05) is 5.56 Å². The Morgan fingerprint density at radius 2 is 2.06 bits per heavy atom. The Morgan fingerprint density at radius 1 is 1.39 bits per heavy atom. The average molecular weight is 267 g/mol. The molecule has 0 saturated heterocycles. The molecule has 0 aromatic heterocycles. The van der Waals surface area contributed by atoms with E-state index in [1.54, 1.807) is 0 Å². The summed E-state index contributed by atoms with van der Waals surface area (Å²) in [4.78, 5) is 0. The first-order chi connectivity index (χ1) is 8.38. The first kappa shape index (κ1) is 13.6. The summed E-state index contributed by atoms with van der Waals surface area (Å²) < 4.78 is 28.9. The largest absolute Gasteiger partial charge is 0.591 e. The van der Waals surface area contributed by atoms with Crippen LogP contribution in [0.4, 0.5) is 4.39 Å². The number of benzene rings is 1. The highest BCUT2D eigenvalue weighted by Gasteiger charge is 2.26. The lowest BCUT2D eigenvalue weighted by atomic mass is 10.1.